The lowest BCUT2D eigenvalue weighted by Gasteiger charge is -2.43. The highest BCUT2D eigenvalue weighted by molar-refractivity contribution is 5.06. The zero-order chi connectivity index (χ0) is 13.8. The van der Waals surface area contributed by atoms with Crippen molar-refractivity contribution in [2.24, 2.45) is 5.92 Å². The molecule has 0 aliphatic carbocycles. The summed E-state index contributed by atoms with van der Waals surface area (Å²) in [5.41, 5.74) is 0. The summed E-state index contributed by atoms with van der Waals surface area (Å²) < 4.78 is 5.46. The first-order valence-corrected chi connectivity index (χ1v) is 7.24. The maximum atomic E-state index is 9.66. The standard InChI is InChI=1S/C15H26N2O2/c1-12(2)9-16-6-7-17(13(3)10-16)14(11-18)15-5-4-8-19-15/h4-5,8,12-14,18H,6-7,9-11H2,1-3H3. The van der Waals surface area contributed by atoms with Crippen LogP contribution in [0, 0.1) is 5.92 Å². The quantitative estimate of drug-likeness (QED) is 0.884. The molecule has 1 aromatic rings. The van der Waals surface area contributed by atoms with Gasteiger partial charge in [-0.2, -0.15) is 0 Å². The van der Waals surface area contributed by atoms with Gasteiger partial charge in [-0.3, -0.25) is 4.90 Å². The number of aliphatic hydroxyl groups excluding tert-OH is 1. The normalized spacial score (nSPS) is 23.9. The van der Waals surface area contributed by atoms with E-state index in [0.29, 0.717) is 12.0 Å². The average molecular weight is 266 g/mol. The highest BCUT2D eigenvalue weighted by atomic mass is 16.3. The lowest BCUT2D eigenvalue weighted by Crippen LogP contribution is -2.54. The third-order valence-corrected chi connectivity index (χ3v) is 3.83. The van der Waals surface area contributed by atoms with E-state index in [1.54, 1.807) is 6.26 Å². The van der Waals surface area contributed by atoms with Crippen LogP contribution in [0.15, 0.2) is 22.8 Å². The summed E-state index contributed by atoms with van der Waals surface area (Å²) in [7, 11) is 0. The van der Waals surface area contributed by atoms with E-state index in [4.69, 9.17) is 4.42 Å². The Morgan fingerprint density at radius 1 is 1.42 bits per heavy atom. The lowest BCUT2D eigenvalue weighted by atomic mass is 10.1. The fourth-order valence-corrected chi connectivity index (χ4v) is 3.03. The molecular formula is C15H26N2O2. The van der Waals surface area contributed by atoms with Crippen molar-refractivity contribution in [2.45, 2.75) is 32.9 Å². The van der Waals surface area contributed by atoms with E-state index in [-0.39, 0.29) is 12.6 Å². The van der Waals surface area contributed by atoms with E-state index in [2.05, 4.69) is 30.6 Å². The molecule has 2 atom stereocenters. The van der Waals surface area contributed by atoms with Crippen LogP contribution in [-0.4, -0.2) is 53.7 Å². The Labute approximate surface area is 116 Å². The van der Waals surface area contributed by atoms with Gasteiger partial charge < -0.3 is 14.4 Å². The van der Waals surface area contributed by atoms with E-state index in [1.165, 1.54) is 0 Å². The molecule has 4 nitrogen and oxygen atoms in total. The minimum absolute atomic E-state index is 0.00815. The van der Waals surface area contributed by atoms with Gasteiger partial charge in [0.25, 0.3) is 0 Å². The molecular weight excluding hydrogens is 240 g/mol. The molecule has 1 aliphatic rings. The monoisotopic (exact) mass is 266 g/mol. The molecule has 108 valence electrons. The molecule has 19 heavy (non-hydrogen) atoms. The molecule has 0 aromatic carbocycles. The van der Waals surface area contributed by atoms with Crippen molar-refractivity contribution >= 4 is 0 Å². The van der Waals surface area contributed by atoms with Crippen LogP contribution in [0.2, 0.25) is 0 Å². The second-order valence-electron chi connectivity index (χ2n) is 5.95. The molecule has 0 spiro atoms. The zero-order valence-electron chi connectivity index (χ0n) is 12.2. The predicted molar refractivity (Wildman–Crippen MR) is 76.0 cm³/mol. The first-order chi connectivity index (χ1) is 9.11. The summed E-state index contributed by atoms with van der Waals surface area (Å²) in [6, 6.07) is 4.27. The van der Waals surface area contributed by atoms with Gasteiger partial charge in [0.2, 0.25) is 0 Å². The summed E-state index contributed by atoms with van der Waals surface area (Å²) >= 11 is 0. The van der Waals surface area contributed by atoms with Crippen molar-refractivity contribution in [3.05, 3.63) is 24.2 Å². The molecule has 1 aliphatic heterocycles. The predicted octanol–water partition coefficient (Wildman–Crippen LogP) is 1.98. The van der Waals surface area contributed by atoms with Crippen molar-refractivity contribution in [1.29, 1.82) is 0 Å². The Morgan fingerprint density at radius 3 is 2.74 bits per heavy atom. The Hall–Kier alpha value is -0.840. The van der Waals surface area contributed by atoms with Gasteiger partial charge in [-0.05, 0) is 25.0 Å². The van der Waals surface area contributed by atoms with Gasteiger partial charge in [-0.1, -0.05) is 13.8 Å². The number of nitrogens with zero attached hydrogens (tertiary/aromatic N) is 2. The Bertz CT molecular complexity index is 364. The van der Waals surface area contributed by atoms with E-state index in [9.17, 15) is 5.11 Å². The number of hydrogen-bond donors (Lipinski definition) is 1. The first-order valence-electron chi connectivity index (χ1n) is 7.24. The molecule has 0 saturated carbocycles. The van der Waals surface area contributed by atoms with Crippen LogP contribution >= 0.6 is 0 Å². The summed E-state index contributed by atoms with van der Waals surface area (Å²) in [5, 5.41) is 9.66. The number of aliphatic hydroxyl groups is 1. The number of piperazine rings is 1. The molecule has 2 heterocycles. The maximum absolute atomic E-state index is 9.66. The van der Waals surface area contributed by atoms with Gasteiger partial charge in [-0.15, -0.1) is 0 Å². The molecule has 2 unspecified atom stereocenters. The topological polar surface area (TPSA) is 39.9 Å². The third-order valence-electron chi connectivity index (χ3n) is 3.83. The van der Waals surface area contributed by atoms with Crippen molar-refractivity contribution in [1.82, 2.24) is 9.80 Å². The minimum Gasteiger partial charge on any atom is -0.468 e. The van der Waals surface area contributed by atoms with Crippen molar-refractivity contribution < 1.29 is 9.52 Å². The van der Waals surface area contributed by atoms with E-state index in [0.717, 1.165) is 31.9 Å². The van der Waals surface area contributed by atoms with Crippen LogP contribution in [0.3, 0.4) is 0 Å². The second kappa shape index (κ2) is 6.55. The van der Waals surface area contributed by atoms with Crippen molar-refractivity contribution in [3.8, 4) is 0 Å². The molecule has 0 radical (unpaired) electrons. The Morgan fingerprint density at radius 2 is 2.21 bits per heavy atom. The highest BCUT2D eigenvalue weighted by Crippen LogP contribution is 2.25. The van der Waals surface area contributed by atoms with Gasteiger partial charge in [0.15, 0.2) is 0 Å². The second-order valence-corrected chi connectivity index (χ2v) is 5.95. The lowest BCUT2D eigenvalue weighted by molar-refractivity contribution is 0.0137. The average Bonchev–Trinajstić information content (AvgIpc) is 2.85. The van der Waals surface area contributed by atoms with Gasteiger partial charge in [0.1, 0.15) is 5.76 Å². The van der Waals surface area contributed by atoms with Gasteiger partial charge >= 0.3 is 0 Å². The SMILES string of the molecule is CC(C)CN1CCN(C(CO)c2ccco2)C(C)C1. The molecule has 1 aromatic heterocycles. The number of furan rings is 1. The van der Waals surface area contributed by atoms with E-state index >= 15 is 0 Å². The molecule has 0 amide bonds. The van der Waals surface area contributed by atoms with Crippen molar-refractivity contribution in [2.75, 3.05) is 32.8 Å². The first kappa shape index (κ1) is 14.6. The largest absolute Gasteiger partial charge is 0.468 e. The fourth-order valence-electron chi connectivity index (χ4n) is 3.03. The highest BCUT2D eigenvalue weighted by Gasteiger charge is 2.31. The summed E-state index contributed by atoms with van der Waals surface area (Å²) in [5.74, 6) is 1.57. The van der Waals surface area contributed by atoms with Crippen LogP contribution in [0.1, 0.15) is 32.6 Å². The molecule has 4 heteroatoms. The molecule has 1 saturated heterocycles. The summed E-state index contributed by atoms with van der Waals surface area (Å²) in [4.78, 5) is 4.87. The minimum atomic E-state index is -0.00815. The van der Waals surface area contributed by atoms with Crippen LogP contribution < -0.4 is 0 Å². The fraction of sp³-hybridized carbons (Fsp3) is 0.733. The van der Waals surface area contributed by atoms with E-state index in [1.807, 2.05) is 12.1 Å². The van der Waals surface area contributed by atoms with Crippen LogP contribution in [0.25, 0.3) is 0 Å². The number of hydrogen-bond acceptors (Lipinski definition) is 4. The van der Waals surface area contributed by atoms with Crippen molar-refractivity contribution in [3.63, 3.8) is 0 Å². The van der Waals surface area contributed by atoms with Crippen LogP contribution in [-0.2, 0) is 0 Å². The van der Waals surface area contributed by atoms with Gasteiger partial charge in [0.05, 0.1) is 18.9 Å². The van der Waals surface area contributed by atoms with Crippen LogP contribution in [0.5, 0.6) is 0 Å². The molecule has 0 bridgehead atoms. The summed E-state index contributed by atoms with van der Waals surface area (Å²) in [6.07, 6.45) is 1.68. The molecule has 1 N–H and O–H groups in total. The molecule has 1 fully saturated rings. The maximum Gasteiger partial charge on any atom is 0.123 e. The number of rotatable bonds is 5. The Kier molecular flexibility index (Phi) is 5.02. The van der Waals surface area contributed by atoms with Gasteiger partial charge in [-0.25, -0.2) is 0 Å². The third kappa shape index (κ3) is 3.59. The molecule has 2 rings (SSSR count). The zero-order valence-corrected chi connectivity index (χ0v) is 12.2. The van der Waals surface area contributed by atoms with E-state index < -0.39 is 0 Å². The van der Waals surface area contributed by atoms with Gasteiger partial charge in [0, 0.05) is 32.2 Å². The summed E-state index contributed by atoms with van der Waals surface area (Å²) in [6.45, 7) is 11.1. The smallest absolute Gasteiger partial charge is 0.123 e. The Balaban J connectivity index is 1.98. The van der Waals surface area contributed by atoms with Crippen LogP contribution in [0.4, 0.5) is 0 Å².